The fraction of sp³-hybridized carbons (Fsp3) is 1.00. The third kappa shape index (κ3) is 3.84. The first-order valence-electron chi connectivity index (χ1n) is 5.15. The van der Waals surface area contributed by atoms with E-state index in [9.17, 15) is 0 Å². The molecule has 0 aromatic heterocycles. The molecule has 0 radical (unpaired) electrons. The fourth-order valence-electron chi connectivity index (χ4n) is 1.46. The molecule has 0 amide bonds. The Balaban J connectivity index is 2.10. The molecule has 3 atom stereocenters. The molecule has 1 saturated heterocycles. The second-order valence-corrected chi connectivity index (χ2v) is 4.27. The van der Waals surface area contributed by atoms with E-state index in [1.54, 1.807) is 0 Å². The van der Waals surface area contributed by atoms with Crippen LogP contribution in [0.15, 0.2) is 0 Å². The molecule has 0 aromatic carbocycles. The maximum atomic E-state index is 5.77. The van der Waals surface area contributed by atoms with E-state index in [0.717, 1.165) is 19.0 Å². The molecular weight excluding hydrogens is 186 g/mol. The summed E-state index contributed by atoms with van der Waals surface area (Å²) in [6.45, 7) is 6.26. The highest BCUT2D eigenvalue weighted by Gasteiger charge is 2.17. The molecule has 3 heteroatoms. The average Bonchev–Trinajstić information content (AvgIpc) is 2.65. The lowest BCUT2D eigenvalue weighted by Gasteiger charge is -2.21. The standard InChI is InChI=1S/C10H20ClNO/c1-8(6-11)9(2)12-7-10-4-3-5-13-10/h8-10,12H,3-7H2,1-2H3. The Morgan fingerprint density at radius 2 is 2.31 bits per heavy atom. The second-order valence-electron chi connectivity index (χ2n) is 3.96. The molecule has 3 unspecified atom stereocenters. The van der Waals surface area contributed by atoms with Gasteiger partial charge in [-0.3, -0.25) is 0 Å². The number of nitrogens with one attached hydrogen (secondary N) is 1. The minimum atomic E-state index is 0.435. The van der Waals surface area contributed by atoms with Crippen LogP contribution in [0.25, 0.3) is 0 Å². The average molecular weight is 206 g/mol. The van der Waals surface area contributed by atoms with Gasteiger partial charge in [-0.05, 0) is 25.7 Å². The van der Waals surface area contributed by atoms with Crippen LogP contribution in [0.1, 0.15) is 26.7 Å². The molecule has 2 nitrogen and oxygen atoms in total. The van der Waals surface area contributed by atoms with E-state index < -0.39 is 0 Å². The first kappa shape index (κ1) is 11.3. The van der Waals surface area contributed by atoms with Gasteiger partial charge in [-0.25, -0.2) is 0 Å². The molecular formula is C10H20ClNO. The summed E-state index contributed by atoms with van der Waals surface area (Å²) in [4.78, 5) is 0. The zero-order valence-corrected chi connectivity index (χ0v) is 9.31. The van der Waals surface area contributed by atoms with Crippen molar-refractivity contribution in [2.24, 2.45) is 5.92 Å². The van der Waals surface area contributed by atoms with Crippen LogP contribution < -0.4 is 5.32 Å². The van der Waals surface area contributed by atoms with Gasteiger partial charge in [-0.1, -0.05) is 6.92 Å². The maximum absolute atomic E-state index is 5.77. The lowest BCUT2D eigenvalue weighted by Crippen LogP contribution is -2.38. The smallest absolute Gasteiger partial charge is 0.0700 e. The molecule has 1 rings (SSSR count). The van der Waals surface area contributed by atoms with Crippen molar-refractivity contribution < 1.29 is 4.74 Å². The summed E-state index contributed by atoms with van der Waals surface area (Å²) in [7, 11) is 0. The largest absolute Gasteiger partial charge is 0.377 e. The topological polar surface area (TPSA) is 21.3 Å². The Morgan fingerprint density at radius 3 is 2.85 bits per heavy atom. The Kier molecular flexibility index (Phi) is 5.07. The van der Waals surface area contributed by atoms with Crippen LogP contribution in [-0.2, 0) is 4.74 Å². The quantitative estimate of drug-likeness (QED) is 0.694. The van der Waals surface area contributed by atoms with Crippen molar-refractivity contribution in [3.8, 4) is 0 Å². The van der Waals surface area contributed by atoms with Gasteiger partial charge >= 0.3 is 0 Å². The number of rotatable bonds is 5. The van der Waals surface area contributed by atoms with Crippen molar-refractivity contribution in [3.05, 3.63) is 0 Å². The van der Waals surface area contributed by atoms with Crippen LogP contribution in [-0.4, -0.2) is 31.2 Å². The number of halogens is 1. The molecule has 1 aliphatic heterocycles. The Hall–Kier alpha value is 0.210. The van der Waals surface area contributed by atoms with Crippen molar-refractivity contribution in [1.82, 2.24) is 5.32 Å². The Bertz CT molecular complexity index is 137. The van der Waals surface area contributed by atoms with Gasteiger partial charge in [0.1, 0.15) is 0 Å². The van der Waals surface area contributed by atoms with Crippen LogP contribution in [0.4, 0.5) is 0 Å². The molecule has 0 aromatic rings. The van der Waals surface area contributed by atoms with E-state index in [4.69, 9.17) is 16.3 Å². The molecule has 13 heavy (non-hydrogen) atoms. The first-order chi connectivity index (χ1) is 6.24. The molecule has 1 N–H and O–H groups in total. The monoisotopic (exact) mass is 205 g/mol. The Labute approximate surface area is 86.0 Å². The maximum Gasteiger partial charge on any atom is 0.0700 e. The highest BCUT2D eigenvalue weighted by molar-refractivity contribution is 6.18. The van der Waals surface area contributed by atoms with Crippen LogP contribution in [0.3, 0.4) is 0 Å². The van der Waals surface area contributed by atoms with Gasteiger partial charge in [0.25, 0.3) is 0 Å². The predicted molar refractivity (Wildman–Crippen MR) is 56.3 cm³/mol. The van der Waals surface area contributed by atoms with E-state index in [0.29, 0.717) is 18.1 Å². The molecule has 0 bridgehead atoms. The van der Waals surface area contributed by atoms with Crippen LogP contribution in [0, 0.1) is 5.92 Å². The van der Waals surface area contributed by atoms with Crippen LogP contribution in [0.2, 0.25) is 0 Å². The van der Waals surface area contributed by atoms with Crippen molar-refractivity contribution in [2.45, 2.75) is 38.8 Å². The second kappa shape index (κ2) is 5.84. The summed E-state index contributed by atoms with van der Waals surface area (Å²) in [5.41, 5.74) is 0. The summed E-state index contributed by atoms with van der Waals surface area (Å²) in [6.07, 6.45) is 2.85. The number of ether oxygens (including phenoxy) is 1. The summed E-state index contributed by atoms with van der Waals surface area (Å²) in [6, 6.07) is 0.488. The van der Waals surface area contributed by atoms with Gasteiger partial charge in [0.05, 0.1) is 6.10 Å². The summed E-state index contributed by atoms with van der Waals surface area (Å²) in [5, 5.41) is 3.47. The Morgan fingerprint density at radius 1 is 1.54 bits per heavy atom. The van der Waals surface area contributed by atoms with Gasteiger partial charge < -0.3 is 10.1 Å². The minimum Gasteiger partial charge on any atom is -0.377 e. The fourth-order valence-corrected chi connectivity index (χ4v) is 1.72. The van der Waals surface area contributed by atoms with Crippen LogP contribution in [0.5, 0.6) is 0 Å². The van der Waals surface area contributed by atoms with Crippen molar-refractivity contribution >= 4 is 11.6 Å². The number of hydrogen-bond acceptors (Lipinski definition) is 2. The van der Waals surface area contributed by atoms with E-state index in [-0.39, 0.29) is 0 Å². The van der Waals surface area contributed by atoms with Crippen molar-refractivity contribution in [1.29, 1.82) is 0 Å². The normalized spacial score (nSPS) is 27.5. The molecule has 78 valence electrons. The zero-order valence-electron chi connectivity index (χ0n) is 8.55. The highest BCUT2D eigenvalue weighted by atomic mass is 35.5. The molecule has 0 saturated carbocycles. The summed E-state index contributed by atoms with van der Waals surface area (Å²) >= 11 is 5.77. The van der Waals surface area contributed by atoms with Gasteiger partial charge in [0.2, 0.25) is 0 Å². The zero-order chi connectivity index (χ0) is 9.68. The van der Waals surface area contributed by atoms with E-state index >= 15 is 0 Å². The lowest BCUT2D eigenvalue weighted by molar-refractivity contribution is 0.106. The van der Waals surface area contributed by atoms with Crippen molar-refractivity contribution in [3.63, 3.8) is 0 Å². The van der Waals surface area contributed by atoms with E-state index in [1.807, 2.05) is 0 Å². The van der Waals surface area contributed by atoms with Crippen molar-refractivity contribution in [2.75, 3.05) is 19.0 Å². The number of hydrogen-bond donors (Lipinski definition) is 1. The predicted octanol–water partition coefficient (Wildman–Crippen LogP) is 2.02. The highest BCUT2D eigenvalue weighted by Crippen LogP contribution is 2.12. The van der Waals surface area contributed by atoms with Gasteiger partial charge in [0, 0.05) is 25.1 Å². The number of alkyl halides is 1. The van der Waals surface area contributed by atoms with E-state index in [2.05, 4.69) is 19.2 Å². The van der Waals surface area contributed by atoms with Gasteiger partial charge in [-0.2, -0.15) is 0 Å². The summed E-state index contributed by atoms with van der Waals surface area (Å²) < 4.78 is 5.52. The SMILES string of the molecule is CC(CCl)C(C)NCC1CCCO1. The minimum absolute atomic E-state index is 0.435. The van der Waals surface area contributed by atoms with Gasteiger partial charge in [-0.15, -0.1) is 11.6 Å². The van der Waals surface area contributed by atoms with E-state index in [1.165, 1.54) is 12.8 Å². The molecule has 1 aliphatic rings. The molecule has 1 heterocycles. The molecule has 1 fully saturated rings. The first-order valence-corrected chi connectivity index (χ1v) is 5.68. The summed E-state index contributed by atoms with van der Waals surface area (Å²) in [5.74, 6) is 1.25. The van der Waals surface area contributed by atoms with Crippen LogP contribution >= 0.6 is 11.6 Å². The third-order valence-electron chi connectivity index (χ3n) is 2.79. The lowest BCUT2D eigenvalue weighted by atomic mass is 10.1. The molecule has 0 aliphatic carbocycles. The molecule has 0 spiro atoms. The van der Waals surface area contributed by atoms with Gasteiger partial charge in [0.15, 0.2) is 0 Å². The third-order valence-corrected chi connectivity index (χ3v) is 3.28.